The van der Waals surface area contributed by atoms with E-state index < -0.39 is 0 Å². The second-order valence-corrected chi connectivity index (χ2v) is 3.25. The molecular formula is C11H12O3. The van der Waals surface area contributed by atoms with Crippen LogP contribution >= 0.6 is 0 Å². The van der Waals surface area contributed by atoms with E-state index in [4.69, 9.17) is 9.47 Å². The topological polar surface area (TPSA) is 35.5 Å². The number of para-hydroxylation sites is 1. The van der Waals surface area contributed by atoms with E-state index in [9.17, 15) is 4.79 Å². The van der Waals surface area contributed by atoms with Crippen molar-refractivity contribution >= 4 is 5.78 Å². The third-order valence-electron chi connectivity index (χ3n) is 2.29. The molecule has 0 unspecified atom stereocenters. The molecule has 14 heavy (non-hydrogen) atoms. The number of fused-ring (bicyclic) bond motifs is 1. The normalized spacial score (nSPS) is 13.5. The minimum absolute atomic E-state index is 0.0220. The molecule has 0 aromatic heterocycles. The van der Waals surface area contributed by atoms with Gasteiger partial charge in [-0.25, -0.2) is 0 Å². The average Bonchev–Trinajstić information content (AvgIpc) is 2.65. The molecule has 0 saturated carbocycles. The molecule has 3 nitrogen and oxygen atoms in total. The quantitative estimate of drug-likeness (QED) is 0.680. The van der Waals surface area contributed by atoms with Crippen LogP contribution < -0.4 is 4.74 Å². The summed E-state index contributed by atoms with van der Waals surface area (Å²) < 4.78 is 10.2. The third-order valence-corrected chi connectivity index (χ3v) is 2.29. The molecule has 0 amide bonds. The molecule has 0 N–H and O–H groups in total. The van der Waals surface area contributed by atoms with E-state index in [0.29, 0.717) is 12.2 Å². The van der Waals surface area contributed by atoms with E-state index in [0.717, 1.165) is 17.7 Å². The van der Waals surface area contributed by atoms with Crippen LogP contribution in [-0.4, -0.2) is 26.1 Å². The van der Waals surface area contributed by atoms with E-state index in [1.807, 2.05) is 12.1 Å². The van der Waals surface area contributed by atoms with Crippen molar-refractivity contribution in [3.8, 4) is 5.75 Å². The second-order valence-electron chi connectivity index (χ2n) is 3.25. The number of hydrogen-bond acceptors (Lipinski definition) is 3. The highest BCUT2D eigenvalue weighted by Crippen LogP contribution is 2.29. The van der Waals surface area contributed by atoms with Gasteiger partial charge in [0.1, 0.15) is 12.4 Å². The van der Waals surface area contributed by atoms with Crippen LogP contribution in [0, 0.1) is 0 Å². The molecule has 0 atom stereocenters. The van der Waals surface area contributed by atoms with Crippen molar-refractivity contribution in [2.75, 3.05) is 20.3 Å². The van der Waals surface area contributed by atoms with Crippen LogP contribution in [0.15, 0.2) is 18.2 Å². The molecule has 2 rings (SSSR count). The van der Waals surface area contributed by atoms with Crippen LogP contribution in [0.25, 0.3) is 0 Å². The van der Waals surface area contributed by atoms with Crippen LogP contribution in [0.5, 0.6) is 5.75 Å². The summed E-state index contributed by atoms with van der Waals surface area (Å²) in [5.41, 5.74) is 1.76. The van der Waals surface area contributed by atoms with Gasteiger partial charge in [0.2, 0.25) is 0 Å². The number of rotatable bonds is 3. The Labute approximate surface area is 82.6 Å². The zero-order chi connectivity index (χ0) is 9.97. The molecule has 1 aliphatic heterocycles. The van der Waals surface area contributed by atoms with Gasteiger partial charge in [0.25, 0.3) is 0 Å². The van der Waals surface area contributed by atoms with Gasteiger partial charge >= 0.3 is 0 Å². The molecule has 1 aromatic rings. The Morgan fingerprint density at radius 2 is 2.43 bits per heavy atom. The summed E-state index contributed by atoms with van der Waals surface area (Å²) in [5.74, 6) is 0.723. The minimum atomic E-state index is -0.0220. The summed E-state index contributed by atoms with van der Waals surface area (Å²) in [5, 5.41) is 0. The van der Waals surface area contributed by atoms with Crippen molar-refractivity contribution in [1.82, 2.24) is 0 Å². The van der Waals surface area contributed by atoms with Gasteiger partial charge in [-0.1, -0.05) is 12.1 Å². The van der Waals surface area contributed by atoms with Crippen molar-refractivity contribution in [3.63, 3.8) is 0 Å². The van der Waals surface area contributed by atoms with Crippen LogP contribution in [-0.2, 0) is 11.2 Å². The summed E-state index contributed by atoms with van der Waals surface area (Å²) in [7, 11) is 1.52. The summed E-state index contributed by atoms with van der Waals surface area (Å²) in [6, 6.07) is 5.66. The van der Waals surface area contributed by atoms with Gasteiger partial charge in [0, 0.05) is 13.5 Å². The Balaban J connectivity index is 2.34. The molecule has 1 heterocycles. The fraction of sp³-hybridized carbons (Fsp3) is 0.364. The maximum atomic E-state index is 11.6. The lowest BCUT2D eigenvalue weighted by molar-refractivity contribution is 0.0845. The Bertz CT molecular complexity index is 358. The summed E-state index contributed by atoms with van der Waals surface area (Å²) in [6.07, 6.45) is 0.892. The first-order valence-electron chi connectivity index (χ1n) is 4.59. The van der Waals surface area contributed by atoms with Crippen molar-refractivity contribution in [2.45, 2.75) is 6.42 Å². The number of carbonyl (C=O) groups excluding carboxylic acids is 1. The van der Waals surface area contributed by atoms with Gasteiger partial charge < -0.3 is 9.47 Å². The van der Waals surface area contributed by atoms with E-state index >= 15 is 0 Å². The lowest BCUT2D eigenvalue weighted by atomic mass is 10.1. The first kappa shape index (κ1) is 9.21. The molecule has 0 fully saturated rings. The molecule has 1 aromatic carbocycles. The maximum absolute atomic E-state index is 11.6. The first-order valence-corrected chi connectivity index (χ1v) is 4.59. The number of Topliss-reactive ketones (excluding diaryl/α,β-unsaturated/α-hetero) is 1. The average molecular weight is 192 g/mol. The Morgan fingerprint density at radius 1 is 1.57 bits per heavy atom. The summed E-state index contributed by atoms with van der Waals surface area (Å²) in [6.45, 7) is 0.784. The predicted octanol–water partition coefficient (Wildman–Crippen LogP) is 1.45. The molecule has 0 bridgehead atoms. The van der Waals surface area contributed by atoms with Gasteiger partial charge in [0.05, 0.1) is 12.2 Å². The van der Waals surface area contributed by atoms with Gasteiger partial charge in [-0.2, -0.15) is 0 Å². The van der Waals surface area contributed by atoms with Crippen molar-refractivity contribution in [2.24, 2.45) is 0 Å². The molecular weight excluding hydrogens is 180 g/mol. The van der Waals surface area contributed by atoms with Crippen molar-refractivity contribution in [1.29, 1.82) is 0 Å². The summed E-state index contributed by atoms with van der Waals surface area (Å²) in [4.78, 5) is 11.6. The van der Waals surface area contributed by atoms with Crippen LogP contribution in [0.3, 0.4) is 0 Å². The molecule has 0 spiro atoms. The van der Waals surface area contributed by atoms with E-state index in [-0.39, 0.29) is 12.4 Å². The molecule has 74 valence electrons. The lowest BCUT2D eigenvalue weighted by Gasteiger charge is -2.05. The number of hydrogen-bond donors (Lipinski definition) is 0. The lowest BCUT2D eigenvalue weighted by Crippen LogP contribution is -2.08. The van der Waals surface area contributed by atoms with Gasteiger partial charge in [0.15, 0.2) is 5.78 Å². The number of carbonyl (C=O) groups is 1. The van der Waals surface area contributed by atoms with E-state index in [2.05, 4.69) is 0 Å². The zero-order valence-electron chi connectivity index (χ0n) is 8.08. The Kier molecular flexibility index (Phi) is 2.50. The fourth-order valence-corrected chi connectivity index (χ4v) is 1.64. The molecule has 0 aliphatic carbocycles. The van der Waals surface area contributed by atoms with E-state index in [1.54, 1.807) is 6.07 Å². The molecule has 3 heteroatoms. The highest BCUT2D eigenvalue weighted by Gasteiger charge is 2.19. The van der Waals surface area contributed by atoms with Crippen molar-refractivity contribution < 1.29 is 14.3 Å². The Hall–Kier alpha value is -1.35. The number of methoxy groups -OCH3 is 1. The molecule has 0 saturated heterocycles. The van der Waals surface area contributed by atoms with E-state index in [1.165, 1.54) is 7.11 Å². The van der Waals surface area contributed by atoms with Gasteiger partial charge in [-0.15, -0.1) is 0 Å². The van der Waals surface area contributed by atoms with Crippen LogP contribution in [0.4, 0.5) is 0 Å². The van der Waals surface area contributed by atoms with Crippen LogP contribution in [0.1, 0.15) is 15.9 Å². The monoisotopic (exact) mass is 192 g/mol. The third kappa shape index (κ3) is 1.51. The highest BCUT2D eigenvalue weighted by atomic mass is 16.5. The zero-order valence-corrected chi connectivity index (χ0v) is 8.08. The first-order chi connectivity index (χ1) is 6.83. The number of ether oxygens (including phenoxy) is 2. The minimum Gasteiger partial charge on any atom is -0.492 e. The van der Waals surface area contributed by atoms with Crippen molar-refractivity contribution in [3.05, 3.63) is 29.3 Å². The Morgan fingerprint density at radius 3 is 3.21 bits per heavy atom. The predicted molar refractivity (Wildman–Crippen MR) is 51.8 cm³/mol. The maximum Gasteiger partial charge on any atom is 0.192 e. The fourth-order valence-electron chi connectivity index (χ4n) is 1.64. The SMILES string of the molecule is COCC(=O)c1cccc2c1OCC2. The molecule has 0 radical (unpaired) electrons. The standard InChI is InChI=1S/C11H12O3/c1-13-7-10(12)9-4-2-3-8-5-6-14-11(8)9/h2-4H,5-7H2,1H3. The largest absolute Gasteiger partial charge is 0.492 e. The smallest absolute Gasteiger partial charge is 0.192 e. The van der Waals surface area contributed by atoms with Gasteiger partial charge in [-0.05, 0) is 11.6 Å². The van der Waals surface area contributed by atoms with Gasteiger partial charge in [-0.3, -0.25) is 4.79 Å². The number of ketones is 1. The molecule has 1 aliphatic rings. The summed E-state index contributed by atoms with van der Waals surface area (Å²) >= 11 is 0. The highest BCUT2D eigenvalue weighted by molar-refractivity contribution is 6.00. The van der Waals surface area contributed by atoms with Crippen LogP contribution in [0.2, 0.25) is 0 Å². The second kappa shape index (κ2) is 3.80. The number of benzene rings is 1.